The van der Waals surface area contributed by atoms with E-state index in [1.165, 1.54) is 31.6 Å². The summed E-state index contributed by atoms with van der Waals surface area (Å²) in [4.78, 5) is 39.6. The highest BCUT2D eigenvalue weighted by molar-refractivity contribution is 5.97. The predicted molar refractivity (Wildman–Crippen MR) is 103 cm³/mol. The van der Waals surface area contributed by atoms with Crippen LogP contribution in [0.5, 0.6) is 0 Å². The van der Waals surface area contributed by atoms with E-state index >= 15 is 0 Å². The molecule has 1 amide bonds. The topological polar surface area (TPSA) is 77.8 Å². The Kier molecular flexibility index (Phi) is 6.12. The lowest BCUT2D eigenvalue weighted by Crippen LogP contribution is -2.49. The Morgan fingerprint density at radius 2 is 1.69 bits per heavy atom. The summed E-state index contributed by atoms with van der Waals surface area (Å²) in [6.45, 7) is 4.66. The van der Waals surface area contributed by atoms with Crippen molar-refractivity contribution in [1.29, 1.82) is 0 Å². The molecule has 29 heavy (non-hydrogen) atoms. The molecule has 1 saturated heterocycles. The molecule has 2 heterocycles. The zero-order valence-electron chi connectivity index (χ0n) is 16.6. The first-order valence-corrected chi connectivity index (χ1v) is 9.30. The first kappa shape index (κ1) is 20.7. The Labute approximate surface area is 167 Å². The fourth-order valence-corrected chi connectivity index (χ4v) is 3.44. The average molecular weight is 402 g/mol. The third-order valence-corrected chi connectivity index (χ3v) is 4.70. The Hall–Kier alpha value is -3.00. The van der Waals surface area contributed by atoms with Crippen molar-refractivity contribution in [2.24, 2.45) is 0 Å². The van der Waals surface area contributed by atoms with Gasteiger partial charge in [-0.1, -0.05) is 12.1 Å². The minimum atomic E-state index is -0.818. The van der Waals surface area contributed by atoms with Crippen molar-refractivity contribution in [3.8, 4) is 0 Å². The van der Waals surface area contributed by atoms with E-state index < -0.39 is 17.3 Å². The fourth-order valence-electron chi connectivity index (χ4n) is 3.44. The van der Waals surface area contributed by atoms with Crippen LogP contribution in [0, 0.1) is 5.82 Å². The Balaban J connectivity index is 2.00. The van der Waals surface area contributed by atoms with Gasteiger partial charge in [-0.15, -0.1) is 0 Å². The summed E-state index contributed by atoms with van der Waals surface area (Å²) in [5.41, 5.74) is -0.270. The second kappa shape index (κ2) is 8.57. The van der Waals surface area contributed by atoms with Gasteiger partial charge in [-0.25, -0.2) is 9.18 Å². The van der Waals surface area contributed by atoms with Crippen molar-refractivity contribution in [1.82, 2.24) is 9.47 Å². The van der Waals surface area contributed by atoms with Gasteiger partial charge in [-0.05, 0) is 31.5 Å². The molecule has 154 valence electrons. The molecule has 0 unspecified atom stereocenters. The quantitative estimate of drug-likeness (QED) is 0.732. The Morgan fingerprint density at radius 3 is 2.28 bits per heavy atom. The first-order valence-electron chi connectivity index (χ1n) is 9.30. The van der Waals surface area contributed by atoms with Crippen LogP contribution < -0.4 is 5.43 Å². The number of aromatic nitrogens is 1. The fraction of sp³-hybridized carbons (Fsp3) is 0.381. The van der Waals surface area contributed by atoms with Gasteiger partial charge in [-0.2, -0.15) is 0 Å². The summed E-state index contributed by atoms with van der Waals surface area (Å²) in [5, 5.41) is 0. The molecule has 3 rings (SSSR count). The van der Waals surface area contributed by atoms with Gasteiger partial charge in [0.05, 0.1) is 19.3 Å². The molecule has 0 aliphatic carbocycles. The molecule has 8 heteroatoms. The largest absolute Gasteiger partial charge is 0.465 e. The molecule has 1 aliphatic rings. The number of methoxy groups -OCH3 is 1. The van der Waals surface area contributed by atoms with E-state index in [0.29, 0.717) is 13.1 Å². The van der Waals surface area contributed by atoms with Crippen molar-refractivity contribution >= 4 is 11.9 Å². The molecule has 0 bridgehead atoms. The maximum Gasteiger partial charge on any atom is 0.343 e. The molecule has 7 nitrogen and oxygen atoms in total. The number of carbonyl (C=O) groups is 2. The molecular formula is C21H23FN2O5. The third-order valence-electron chi connectivity index (χ3n) is 4.70. The lowest BCUT2D eigenvalue weighted by atomic mass is 10.1. The van der Waals surface area contributed by atoms with E-state index in [2.05, 4.69) is 0 Å². The standard InChI is InChI=1S/C21H23FN2O5/c1-13-8-24(9-14(2)29-13)20(26)17-11-23(10-15-4-6-16(22)7-5-15)12-18(19(17)25)21(27)28-3/h4-7,11-14H,8-10H2,1-3H3/t13-,14+. The van der Waals surface area contributed by atoms with Gasteiger partial charge < -0.3 is 18.9 Å². The summed E-state index contributed by atoms with van der Waals surface area (Å²) in [6, 6.07) is 5.83. The molecule has 1 aromatic carbocycles. The van der Waals surface area contributed by atoms with Gasteiger partial charge in [0.15, 0.2) is 0 Å². The number of rotatable bonds is 4. The number of ether oxygens (including phenoxy) is 2. The number of amides is 1. The zero-order chi connectivity index (χ0) is 21.1. The first-order chi connectivity index (χ1) is 13.8. The van der Waals surface area contributed by atoms with Gasteiger partial charge >= 0.3 is 5.97 Å². The summed E-state index contributed by atoms with van der Waals surface area (Å²) in [7, 11) is 1.17. The smallest absolute Gasteiger partial charge is 0.343 e. The van der Waals surface area contributed by atoms with E-state index in [0.717, 1.165) is 5.56 Å². The highest BCUT2D eigenvalue weighted by Crippen LogP contribution is 2.14. The molecule has 0 N–H and O–H groups in total. The number of morpholine rings is 1. The zero-order valence-corrected chi connectivity index (χ0v) is 16.6. The molecular weight excluding hydrogens is 379 g/mol. The summed E-state index contributed by atoms with van der Waals surface area (Å²) < 4.78 is 25.1. The molecule has 1 fully saturated rings. The maximum absolute atomic E-state index is 13.2. The number of esters is 1. The van der Waals surface area contributed by atoms with Crippen LogP contribution in [-0.4, -0.2) is 53.8 Å². The van der Waals surface area contributed by atoms with Crippen molar-refractivity contribution in [2.45, 2.75) is 32.6 Å². The van der Waals surface area contributed by atoms with E-state index in [4.69, 9.17) is 9.47 Å². The molecule has 0 saturated carbocycles. The van der Waals surface area contributed by atoms with E-state index in [9.17, 15) is 18.8 Å². The van der Waals surface area contributed by atoms with E-state index in [1.807, 2.05) is 13.8 Å². The highest BCUT2D eigenvalue weighted by Gasteiger charge is 2.29. The van der Waals surface area contributed by atoms with Crippen LogP contribution >= 0.6 is 0 Å². The van der Waals surface area contributed by atoms with Crippen molar-refractivity contribution in [3.63, 3.8) is 0 Å². The van der Waals surface area contributed by atoms with Crippen LogP contribution in [-0.2, 0) is 16.0 Å². The number of nitrogens with zero attached hydrogens (tertiary/aromatic N) is 2. The molecule has 0 spiro atoms. The second-order valence-electron chi connectivity index (χ2n) is 7.17. The van der Waals surface area contributed by atoms with Crippen molar-refractivity contribution in [2.75, 3.05) is 20.2 Å². The molecule has 1 aromatic heterocycles. The Morgan fingerprint density at radius 1 is 1.10 bits per heavy atom. The minimum absolute atomic E-state index is 0.115. The van der Waals surface area contributed by atoms with Crippen LogP contribution in [0.1, 0.15) is 40.1 Å². The number of hydrogen-bond donors (Lipinski definition) is 0. The Bertz CT molecular complexity index is 960. The average Bonchev–Trinajstić information content (AvgIpc) is 2.69. The maximum atomic E-state index is 13.2. The number of hydrogen-bond acceptors (Lipinski definition) is 5. The lowest BCUT2D eigenvalue weighted by molar-refractivity contribution is -0.0586. The predicted octanol–water partition coefficient (Wildman–Crippen LogP) is 2.07. The second-order valence-corrected chi connectivity index (χ2v) is 7.17. The SMILES string of the molecule is COC(=O)c1cn(Cc2ccc(F)cc2)cc(C(=O)N2C[C@@H](C)O[C@@H](C)C2)c1=O. The van der Waals surface area contributed by atoms with Gasteiger partial charge in [0.2, 0.25) is 5.43 Å². The van der Waals surface area contributed by atoms with Gasteiger partial charge in [0, 0.05) is 32.0 Å². The summed E-state index contributed by atoms with van der Waals surface area (Å²) in [5.74, 6) is -1.65. The van der Waals surface area contributed by atoms with Gasteiger partial charge in [0.1, 0.15) is 16.9 Å². The van der Waals surface area contributed by atoms with Crippen LogP contribution in [0.15, 0.2) is 41.5 Å². The number of carbonyl (C=O) groups excluding carboxylic acids is 2. The van der Waals surface area contributed by atoms with E-state index in [1.54, 1.807) is 21.6 Å². The van der Waals surface area contributed by atoms with Crippen LogP contribution in [0.3, 0.4) is 0 Å². The third kappa shape index (κ3) is 4.71. The van der Waals surface area contributed by atoms with Crippen molar-refractivity contribution in [3.05, 3.63) is 69.4 Å². The monoisotopic (exact) mass is 402 g/mol. The minimum Gasteiger partial charge on any atom is -0.465 e. The van der Waals surface area contributed by atoms with Crippen LogP contribution in [0.2, 0.25) is 0 Å². The van der Waals surface area contributed by atoms with Crippen LogP contribution in [0.25, 0.3) is 0 Å². The van der Waals surface area contributed by atoms with Gasteiger partial charge in [-0.3, -0.25) is 9.59 Å². The van der Waals surface area contributed by atoms with Gasteiger partial charge in [0.25, 0.3) is 5.91 Å². The number of halogens is 1. The van der Waals surface area contributed by atoms with Crippen molar-refractivity contribution < 1.29 is 23.5 Å². The summed E-state index contributed by atoms with van der Waals surface area (Å²) in [6.07, 6.45) is 2.45. The number of pyridine rings is 1. The lowest BCUT2D eigenvalue weighted by Gasteiger charge is -2.35. The van der Waals surface area contributed by atoms with Crippen LogP contribution in [0.4, 0.5) is 4.39 Å². The number of benzene rings is 1. The normalized spacial score (nSPS) is 19.1. The summed E-state index contributed by atoms with van der Waals surface area (Å²) >= 11 is 0. The molecule has 2 atom stereocenters. The molecule has 1 aliphatic heterocycles. The highest BCUT2D eigenvalue weighted by atomic mass is 19.1. The molecule has 2 aromatic rings. The van der Waals surface area contributed by atoms with E-state index in [-0.39, 0.29) is 35.7 Å². The molecule has 0 radical (unpaired) electrons.